The molecule has 2 N–H and O–H groups in total. The third kappa shape index (κ3) is 2.09. The summed E-state index contributed by atoms with van der Waals surface area (Å²) in [6, 6.07) is 8.82. The second kappa shape index (κ2) is 4.70. The Bertz CT molecular complexity index is 696. The van der Waals surface area contributed by atoms with Crippen molar-refractivity contribution in [3.63, 3.8) is 0 Å². The fourth-order valence-electron chi connectivity index (χ4n) is 2.03. The van der Waals surface area contributed by atoms with Gasteiger partial charge < -0.3 is 15.4 Å². The van der Waals surface area contributed by atoms with Gasteiger partial charge in [-0.05, 0) is 35.9 Å². The predicted molar refractivity (Wildman–Crippen MR) is 77.1 cm³/mol. The minimum atomic E-state index is -0.195. The fraction of sp³-hybridized carbons (Fsp3) is 0.0667. The molecule has 0 aliphatic carbocycles. The zero-order valence-corrected chi connectivity index (χ0v) is 10.9. The minimum absolute atomic E-state index is 0.195. The van der Waals surface area contributed by atoms with E-state index in [0.29, 0.717) is 17.1 Å². The summed E-state index contributed by atoms with van der Waals surface area (Å²) in [6.45, 7) is 0. The Morgan fingerprint density at radius 1 is 1.25 bits per heavy atom. The number of amides is 1. The van der Waals surface area contributed by atoms with E-state index in [1.54, 1.807) is 60.7 Å². The maximum Gasteiger partial charge on any atom is 0.293 e. The molecule has 1 aliphatic heterocycles. The Labute approximate surface area is 116 Å². The van der Waals surface area contributed by atoms with Crippen molar-refractivity contribution in [2.75, 3.05) is 17.7 Å². The quantitative estimate of drug-likeness (QED) is 0.634. The number of anilines is 2. The number of fused-ring (bicyclic) bond motifs is 1. The van der Waals surface area contributed by atoms with E-state index in [1.165, 1.54) is 0 Å². The largest absolute Gasteiger partial charge is 0.449 e. The first kappa shape index (κ1) is 12.2. The van der Waals surface area contributed by atoms with Crippen molar-refractivity contribution in [3.8, 4) is 5.75 Å². The van der Waals surface area contributed by atoms with Crippen LogP contribution in [0.1, 0.15) is 5.56 Å². The third-order valence-corrected chi connectivity index (χ3v) is 3.08. The van der Waals surface area contributed by atoms with Gasteiger partial charge in [0.25, 0.3) is 5.91 Å². The van der Waals surface area contributed by atoms with Crippen LogP contribution in [-0.2, 0) is 4.79 Å². The Morgan fingerprint density at radius 3 is 2.75 bits per heavy atom. The average molecular weight is 267 g/mol. The summed E-state index contributed by atoms with van der Waals surface area (Å²) in [5, 5.41) is 0. The lowest BCUT2D eigenvalue weighted by atomic mass is 10.1. The van der Waals surface area contributed by atoms with Crippen molar-refractivity contribution in [3.05, 3.63) is 54.0 Å². The van der Waals surface area contributed by atoms with Gasteiger partial charge in [0.2, 0.25) is 0 Å². The van der Waals surface area contributed by atoms with Gasteiger partial charge in [0, 0.05) is 31.2 Å². The number of aromatic nitrogens is 1. The number of hydrogen-bond acceptors (Lipinski definition) is 4. The highest BCUT2D eigenvalue weighted by molar-refractivity contribution is 6.09. The molecule has 0 bridgehead atoms. The van der Waals surface area contributed by atoms with E-state index < -0.39 is 0 Å². The number of likely N-dealkylation sites (N-methyl/N-ethyl adjacent to an activating group) is 1. The van der Waals surface area contributed by atoms with Crippen LogP contribution in [0.2, 0.25) is 0 Å². The van der Waals surface area contributed by atoms with Crippen molar-refractivity contribution in [2.45, 2.75) is 0 Å². The molecule has 0 radical (unpaired) electrons. The lowest BCUT2D eigenvalue weighted by Crippen LogP contribution is -2.33. The van der Waals surface area contributed by atoms with Gasteiger partial charge in [-0.2, -0.15) is 0 Å². The van der Waals surface area contributed by atoms with Gasteiger partial charge in [-0.15, -0.1) is 0 Å². The van der Waals surface area contributed by atoms with Crippen LogP contribution in [0.3, 0.4) is 0 Å². The first-order valence-electron chi connectivity index (χ1n) is 6.12. The zero-order chi connectivity index (χ0) is 14.1. The predicted octanol–water partition coefficient (Wildman–Crippen LogP) is 2.06. The SMILES string of the molecule is CN1C(=O)/C(=C\c2ccncc2)Oc2cc(N)ccc21. The number of hydrogen-bond donors (Lipinski definition) is 1. The average Bonchev–Trinajstić information content (AvgIpc) is 2.45. The molecule has 0 atom stereocenters. The molecule has 0 spiro atoms. The highest BCUT2D eigenvalue weighted by Gasteiger charge is 2.27. The van der Waals surface area contributed by atoms with E-state index in [1.807, 2.05) is 0 Å². The van der Waals surface area contributed by atoms with E-state index >= 15 is 0 Å². The second-order valence-electron chi connectivity index (χ2n) is 4.48. The number of rotatable bonds is 1. The van der Waals surface area contributed by atoms with E-state index in [4.69, 9.17) is 10.5 Å². The molecule has 0 fully saturated rings. The number of nitrogen functional groups attached to an aromatic ring is 1. The van der Waals surface area contributed by atoms with Crippen LogP contribution in [0.5, 0.6) is 5.75 Å². The summed E-state index contributed by atoms with van der Waals surface area (Å²) in [4.78, 5) is 17.7. The molecular weight excluding hydrogens is 254 g/mol. The standard InChI is InChI=1S/C15H13N3O2/c1-18-12-3-2-11(16)9-13(12)20-14(15(18)19)8-10-4-6-17-7-5-10/h2-9H,16H2,1H3/b14-8+. The van der Waals surface area contributed by atoms with Crippen LogP contribution in [-0.4, -0.2) is 17.9 Å². The summed E-state index contributed by atoms with van der Waals surface area (Å²) >= 11 is 0. The van der Waals surface area contributed by atoms with Gasteiger partial charge in [0.1, 0.15) is 0 Å². The Kier molecular flexibility index (Phi) is 2.87. The molecule has 1 aromatic carbocycles. The fourth-order valence-corrected chi connectivity index (χ4v) is 2.03. The highest BCUT2D eigenvalue weighted by atomic mass is 16.5. The molecule has 0 saturated heterocycles. The Hall–Kier alpha value is -2.82. The van der Waals surface area contributed by atoms with Crippen LogP contribution in [0, 0.1) is 0 Å². The van der Waals surface area contributed by atoms with Gasteiger partial charge in [0.15, 0.2) is 11.5 Å². The topological polar surface area (TPSA) is 68.5 Å². The van der Waals surface area contributed by atoms with E-state index in [-0.39, 0.29) is 11.7 Å². The number of nitrogens with zero attached hydrogens (tertiary/aromatic N) is 2. The number of carbonyl (C=O) groups excluding carboxylic acids is 1. The van der Waals surface area contributed by atoms with Crippen molar-refractivity contribution in [1.29, 1.82) is 0 Å². The molecule has 0 saturated carbocycles. The normalized spacial score (nSPS) is 15.9. The van der Waals surface area contributed by atoms with Gasteiger partial charge in [-0.25, -0.2) is 0 Å². The van der Waals surface area contributed by atoms with Crippen LogP contribution >= 0.6 is 0 Å². The number of ether oxygens (including phenoxy) is 1. The smallest absolute Gasteiger partial charge is 0.293 e. The van der Waals surface area contributed by atoms with Gasteiger partial charge in [0.05, 0.1) is 5.69 Å². The highest BCUT2D eigenvalue weighted by Crippen LogP contribution is 2.36. The van der Waals surface area contributed by atoms with Crippen molar-refractivity contribution >= 4 is 23.4 Å². The second-order valence-corrected chi connectivity index (χ2v) is 4.48. The summed E-state index contributed by atoms with van der Waals surface area (Å²) in [6.07, 6.45) is 5.01. The summed E-state index contributed by atoms with van der Waals surface area (Å²) in [7, 11) is 1.71. The van der Waals surface area contributed by atoms with E-state index in [9.17, 15) is 4.79 Å². The summed E-state index contributed by atoms with van der Waals surface area (Å²) in [5.41, 5.74) is 7.90. The lowest BCUT2D eigenvalue weighted by Gasteiger charge is -2.27. The van der Waals surface area contributed by atoms with Crippen LogP contribution in [0.25, 0.3) is 6.08 Å². The summed E-state index contributed by atoms with van der Waals surface area (Å²) in [5.74, 6) is 0.642. The van der Waals surface area contributed by atoms with Crippen molar-refractivity contribution in [2.24, 2.45) is 0 Å². The van der Waals surface area contributed by atoms with Gasteiger partial charge in [-0.3, -0.25) is 9.78 Å². The van der Waals surface area contributed by atoms with Gasteiger partial charge >= 0.3 is 0 Å². The van der Waals surface area contributed by atoms with Crippen molar-refractivity contribution < 1.29 is 9.53 Å². The van der Waals surface area contributed by atoms with Gasteiger partial charge in [-0.1, -0.05) is 0 Å². The summed E-state index contributed by atoms with van der Waals surface area (Å²) < 4.78 is 5.67. The first-order chi connectivity index (χ1) is 9.65. The molecule has 5 heteroatoms. The molecule has 1 amide bonds. The maximum atomic E-state index is 12.3. The molecule has 5 nitrogen and oxygen atoms in total. The molecule has 2 heterocycles. The number of nitrogens with two attached hydrogens (primary N) is 1. The Balaban J connectivity index is 2.04. The number of pyridine rings is 1. The molecule has 20 heavy (non-hydrogen) atoms. The monoisotopic (exact) mass is 267 g/mol. The molecule has 2 aromatic rings. The lowest BCUT2D eigenvalue weighted by molar-refractivity contribution is -0.117. The van der Waals surface area contributed by atoms with Crippen LogP contribution in [0.15, 0.2) is 48.5 Å². The number of benzene rings is 1. The van der Waals surface area contributed by atoms with E-state index in [2.05, 4.69) is 4.98 Å². The minimum Gasteiger partial charge on any atom is -0.449 e. The molecular formula is C15H13N3O2. The molecule has 100 valence electrons. The van der Waals surface area contributed by atoms with Crippen LogP contribution < -0.4 is 15.4 Å². The zero-order valence-electron chi connectivity index (χ0n) is 10.9. The molecule has 1 aromatic heterocycles. The van der Waals surface area contributed by atoms with Crippen LogP contribution in [0.4, 0.5) is 11.4 Å². The third-order valence-electron chi connectivity index (χ3n) is 3.08. The Morgan fingerprint density at radius 2 is 2.00 bits per heavy atom. The molecule has 1 aliphatic rings. The van der Waals surface area contributed by atoms with Crippen molar-refractivity contribution in [1.82, 2.24) is 4.98 Å². The number of carbonyl (C=O) groups is 1. The van der Waals surface area contributed by atoms with E-state index in [0.717, 1.165) is 5.56 Å². The maximum absolute atomic E-state index is 12.3. The molecule has 3 rings (SSSR count). The first-order valence-corrected chi connectivity index (χ1v) is 6.12. The molecule has 0 unspecified atom stereocenters.